The number of unbranched alkanes of at least 4 members (excludes halogenated alkanes) is 1. The maximum Gasteiger partial charge on any atom is -0.0184 e. The van der Waals surface area contributed by atoms with Crippen molar-refractivity contribution in [2.75, 3.05) is 0 Å². The van der Waals surface area contributed by atoms with Crippen molar-refractivity contribution in [2.24, 2.45) is 0 Å². The van der Waals surface area contributed by atoms with Crippen LogP contribution in [-0.2, 0) is 0 Å². The van der Waals surface area contributed by atoms with Gasteiger partial charge < -0.3 is 0 Å². The second kappa shape index (κ2) is 6.83. The second-order valence-electron chi connectivity index (χ2n) is 3.41. The largest absolute Gasteiger partial charge is 0.0984 e. The molecule has 0 radical (unpaired) electrons. The molecular weight excluding hydrogens is 180 g/mol. The summed E-state index contributed by atoms with van der Waals surface area (Å²) >= 11 is 0. The van der Waals surface area contributed by atoms with Crippen LogP contribution in [0.2, 0.25) is 0 Å². The molecule has 0 spiro atoms. The average Bonchev–Trinajstić information content (AvgIpc) is 2.30. The molecule has 0 saturated heterocycles. The fourth-order valence-electron chi connectivity index (χ4n) is 1.35. The monoisotopic (exact) mass is 198 g/mol. The van der Waals surface area contributed by atoms with Gasteiger partial charge in [-0.3, -0.25) is 0 Å². The molecule has 78 valence electrons. The van der Waals surface area contributed by atoms with Gasteiger partial charge in [0.15, 0.2) is 0 Å². The van der Waals surface area contributed by atoms with E-state index in [1.165, 1.54) is 17.6 Å². The summed E-state index contributed by atoms with van der Waals surface area (Å²) in [6.45, 7) is 6.01. The number of hydrogen-bond donors (Lipinski definition) is 0. The molecule has 1 aromatic carbocycles. The van der Waals surface area contributed by atoms with Crippen LogP contribution in [-0.4, -0.2) is 0 Å². The van der Waals surface area contributed by atoms with Crippen LogP contribution >= 0.6 is 0 Å². The standard InChI is InChI=1S/C15H18/c1-3-5-6-8-11-14(4-2)15-12-9-7-10-13-15/h4,6-13H,2-3,5H2,1H3/b8-6+,14-11+. The lowest BCUT2D eigenvalue weighted by atomic mass is 10.1. The van der Waals surface area contributed by atoms with E-state index in [9.17, 15) is 0 Å². The van der Waals surface area contributed by atoms with Gasteiger partial charge in [-0.2, -0.15) is 0 Å². The van der Waals surface area contributed by atoms with Gasteiger partial charge in [-0.1, -0.05) is 74.6 Å². The summed E-state index contributed by atoms with van der Waals surface area (Å²) in [5.74, 6) is 0. The topological polar surface area (TPSA) is 0 Å². The Morgan fingerprint density at radius 1 is 1.27 bits per heavy atom. The average molecular weight is 198 g/mol. The number of rotatable bonds is 5. The van der Waals surface area contributed by atoms with E-state index >= 15 is 0 Å². The number of allylic oxidation sites excluding steroid dienone is 5. The van der Waals surface area contributed by atoms with Crippen molar-refractivity contribution in [1.82, 2.24) is 0 Å². The van der Waals surface area contributed by atoms with E-state index in [4.69, 9.17) is 0 Å². The molecule has 1 aromatic rings. The smallest absolute Gasteiger partial charge is 0.0184 e. The molecule has 0 aliphatic rings. The Bertz CT molecular complexity index is 342. The van der Waals surface area contributed by atoms with Gasteiger partial charge in [0.2, 0.25) is 0 Å². The van der Waals surface area contributed by atoms with Crippen LogP contribution in [0.3, 0.4) is 0 Å². The SMILES string of the molecule is C=C/C(=C\C=C\CCC)c1ccccc1. The van der Waals surface area contributed by atoms with Crippen LogP contribution in [0.4, 0.5) is 0 Å². The summed E-state index contributed by atoms with van der Waals surface area (Å²) in [7, 11) is 0. The lowest BCUT2D eigenvalue weighted by molar-refractivity contribution is 0.959. The van der Waals surface area contributed by atoms with E-state index in [-0.39, 0.29) is 0 Å². The van der Waals surface area contributed by atoms with Crippen molar-refractivity contribution in [1.29, 1.82) is 0 Å². The predicted octanol–water partition coefficient (Wildman–Crippen LogP) is 4.61. The molecule has 0 aliphatic heterocycles. The lowest BCUT2D eigenvalue weighted by Gasteiger charge is -1.99. The fraction of sp³-hybridized carbons (Fsp3) is 0.200. The highest BCUT2D eigenvalue weighted by molar-refractivity contribution is 5.74. The zero-order chi connectivity index (χ0) is 10.9. The van der Waals surface area contributed by atoms with E-state index in [0.717, 1.165) is 6.42 Å². The summed E-state index contributed by atoms with van der Waals surface area (Å²) in [5, 5.41) is 0. The minimum atomic E-state index is 1.13. The molecule has 0 amide bonds. The molecule has 0 saturated carbocycles. The van der Waals surface area contributed by atoms with Crippen LogP contribution in [0, 0.1) is 0 Å². The molecule has 0 aliphatic carbocycles. The summed E-state index contributed by atoms with van der Waals surface area (Å²) in [6, 6.07) is 10.3. The third-order valence-corrected chi connectivity index (χ3v) is 2.19. The zero-order valence-electron chi connectivity index (χ0n) is 9.32. The molecule has 0 heteroatoms. The highest BCUT2D eigenvalue weighted by Crippen LogP contribution is 2.14. The number of benzene rings is 1. The van der Waals surface area contributed by atoms with E-state index < -0.39 is 0 Å². The summed E-state index contributed by atoms with van der Waals surface area (Å²) in [6.07, 6.45) is 10.6. The Kier molecular flexibility index (Phi) is 5.24. The van der Waals surface area contributed by atoms with Crippen LogP contribution in [0.15, 0.2) is 61.2 Å². The quantitative estimate of drug-likeness (QED) is 0.606. The Labute approximate surface area is 92.6 Å². The molecular formula is C15H18. The highest BCUT2D eigenvalue weighted by Gasteiger charge is 1.92. The Morgan fingerprint density at radius 2 is 2.00 bits per heavy atom. The third-order valence-electron chi connectivity index (χ3n) is 2.19. The van der Waals surface area contributed by atoms with Crippen molar-refractivity contribution in [3.63, 3.8) is 0 Å². The molecule has 0 bridgehead atoms. The lowest BCUT2D eigenvalue weighted by Crippen LogP contribution is -1.77. The van der Waals surface area contributed by atoms with Crippen molar-refractivity contribution >= 4 is 5.57 Å². The van der Waals surface area contributed by atoms with E-state index in [2.05, 4.69) is 43.9 Å². The zero-order valence-corrected chi connectivity index (χ0v) is 9.32. The first kappa shape index (κ1) is 11.5. The van der Waals surface area contributed by atoms with Gasteiger partial charge in [-0.25, -0.2) is 0 Å². The molecule has 0 atom stereocenters. The molecule has 0 aromatic heterocycles. The maximum atomic E-state index is 3.83. The van der Waals surface area contributed by atoms with Crippen molar-refractivity contribution in [3.8, 4) is 0 Å². The van der Waals surface area contributed by atoms with Gasteiger partial charge in [0, 0.05) is 0 Å². The molecule has 1 rings (SSSR count). The van der Waals surface area contributed by atoms with Gasteiger partial charge in [0.25, 0.3) is 0 Å². The van der Waals surface area contributed by atoms with E-state index in [0.29, 0.717) is 0 Å². The molecule has 0 heterocycles. The van der Waals surface area contributed by atoms with E-state index in [1.54, 1.807) is 0 Å². The molecule has 0 N–H and O–H groups in total. The molecule has 0 unspecified atom stereocenters. The van der Waals surface area contributed by atoms with Crippen LogP contribution in [0.25, 0.3) is 5.57 Å². The van der Waals surface area contributed by atoms with Crippen molar-refractivity contribution in [2.45, 2.75) is 19.8 Å². The van der Waals surface area contributed by atoms with Gasteiger partial charge in [0.05, 0.1) is 0 Å². The summed E-state index contributed by atoms with van der Waals surface area (Å²) < 4.78 is 0. The first-order chi connectivity index (χ1) is 7.38. The van der Waals surface area contributed by atoms with Gasteiger partial charge in [-0.15, -0.1) is 0 Å². The molecule has 0 nitrogen and oxygen atoms in total. The highest BCUT2D eigenvalue weighted by atomic mass is 14.0. The predicted molar refractivity (Wildman–Crippen MR) is 68.7 cm³/mol. The minimum absolute atomic E-state index is 1.13. The summed E-state index contributed by atoms with van der Waals surface area (Å²) in [4.78, 5) is 0. The molecule has 0 fully saturated rings. The summed E-state index contributed by atoms with van der Waals surface area (Å²) in [5.41, 5.74) is 2.39. The maximum absolute atomic E-state index is 3.83. The first-order valence-corrected chi connectivity index (χ1v) is 5.43. The molecule has 15 heavy (non-hydrogen) atoms. The van der Waals surface area contributed by atoms with Crippen molar-refractivity contribution in [3.05, 3.63) is 66.8 Å². The Morgan fingerprint density at radius 3 is 2.60 bits per heavy atom. The second-order valence-corrected chi connectivity index (χ2v) is 3.41. The van der Waals surface area contributed by atoms with Gasteiger partial charge in [-0.05, 0) is 17.6 Å². The third kappa shape index (κ3) is 3.99. The normalized spacial score (nSPS) is 11.9. The van der Waals surface area contributed by atoms with Crippen LogP contribution < -0.4 is 0 Å². The number of hydrogen-bond acceptors (Lipinski definition) is 0. The van der Waals surface area contributed by atoms with Crippen LogP contribution in [0.5, 0.6) is 0 Å². The van der Waals surface area contributed by atoms with Crippen LogP contribution in [0.1, 0.15) is 25.3 Å². The van der Waals surface area contributed by atoms with Gasteiger partial charge in [0.1, 0.15) is 0 Å². The first-order valence-electron chi connectivity index (χ1n) is 5.43. The minimum Gasteiger partial charge on any atom is -0.0984 e. The van der Waals surface area contributed by atoms with E-state index in [1.807, 2.05) is 24.3 Å². The van der Waals surface area contributed by atoms with Gasteiger partial charge >= 0.3 is 0 Å². The Balaban J connectivity index is 2.76. The van der Waals surface area contributed by atoms with Crippen molar-refractivity contribution < 1.29 is 0 Å². The fourth-order valence-corrected chi connectivity index (χ4v) is 1.35. The Hall–Kier alpha value is -1.56.